The first-order chi connectivity index (χ1) is 20.0. The summed E-state index contributed by atoms with van der Waals surface area (Å²) in [7, 11) is 1.79. The molecule has 0 spiro atoms. The first-order valence-corrected chi connectivity index (χ1v) is 14.4. The molecule has 5 nitrogen and oxygen atoms in total. The van der Waals surface area contributed by atoms with E-state index in [4.69, 9.17) is 4.98 Å². The van der Waals surface area contributed by atoms with Crippen LogP contribution in [0.2, 0.25) is 0 Å². The van der Waals surface area contributed by atoms with Crippen LogP contribution in [0.1, 0.15) is 25.2 Å². The second kappa shape index (κ2) is 14.3. The van der Waals surface area contributed by atoms with Crippen LogP contribution in [0.25, 0.3) is 21.6 Å². The topological polar surface area (TPSA) is 65.6 Å². The number of likely N-dealkylation sites (N-methyl/N-ethyl adjacent to an activating group) is 1. The van der Waals surface area contributed by atoms with E-state index in [1.165, 1.54) is 5.56 Å². The van der Waals surface area contributed by atoms with Gasteiger partial charge < -0.3 is 15.6 Å². The minimum atomic E-state index is -0.394. The maximum atomic E-state index is 16.3. The van der Waals surface area contributed by atoms with Gasteiger partial charge in [0.05, 0.1) is 10.4 Å². The number of hydrogen-bond donors (Lipinski definition) is 3. The first kappa shape index (κ1) is 29.6. The van der Waals surface area contributed by atoms with Crippen molar-refractivity contribution in [2.45, 2.75) is 26.8 Å². The van der Waals surface area contributed by atoms with E-state index >= 15 is 4.39 Å². The van der Waals surface area contributed by atoms with Crippen LogP contribution in [0, 0.1) is 0 Å². The molecular weight excluding hydrogens is 529 g/mol. The number of allylic oxidation sites excluding steroid dienone is 7. The van der Waals surface area contributed by atoms with Crippen LogP contribution in [0.3, 0.4) is 0 Å². The quantitative estimate of drug-likeness (QED) is 0.144. The van der Waals surface area contributed by atoms with E-state index in [9.17, 15) is 0 Å². The second-order valence-corrected chi connectivity index (χ2v) is 10.3. The van der Waals surface area contributed by atoms with Gasteiger partial charge in [0.25, 0.3) is 0 Å². The molecule has 4 aromatic rings. The minimum absolute atomic E-state index is 0.248. The number of imidazole rings is 1. The molecule has 0 radical (unpaired) electrons. The zero-order valence-electron chi connectivity index (χ0n) is 23.8. The lowest BCUT2D eigenvalue weighted by Crippen LogP contribution is -2.16. The summed E-state index contributed by atoms with van der Waals surface area (Å²) in [6.45, 7) is 13.2. The van der Waals surface area contributed by atoms with Gasteiger partial charge in [-0.1, -0.05) is 73.9 Å². The summed E-state index contributed by atoms with van der Waals surface area (Å²) in [5.41, 5.74) is 6.72. The Kier molecular flexibility index (Phi) is 10.4. The summed E-state index contributed by atoms with van der Waals surface area (Å²) in [4.78, 5) is 13.8. The fourth-order valence-corrected chi connectivity index (χ4v) is 5.30. The fourth-order valence-electron chi connectivity index (χ4n) is 4.57. The van der Waals surface area contributed by atoms with E-state index in [0.717, 1.165) is 33.7 Å². The Balaban J connectivity index is 1.61. The molecular formula is C34H36FN5S. The summed E-state index contributed by atoms with van der Waals surface area (Å²) in [5, 5.41) is 8.58. The first-order valence-electron chi connectivity index (χ1n) is 13.5. The highest BCUT2D eigenvalue weighted by Gasteiger charge is 2.19. The number of H-pyrrole nitrogens is 1. The molecule has 1 aromatic carbocycles. The Labute approximate surface area is 245 Å². The van der Waals surface area contributed by atoms with E-state index in [1.807, 2.05) is 73.9 Å². The van der Waals surface area contributed by atoms with Crippen LogP contribution >= 0.6 is 11.3 Å². The number of halogens is 1. The van der Waals surface area contributed by atoms with Gasteiger partial charge in [0.2, 0.25) is 0 Å². The van der Waals surface area contributed by atoms with E-state index in [1.54, 1.807) is 30.7 Å². The molecule has 7 heteroatoms. The summed E-state index contributed by atoms with van der Waals surface area (Å²) in [5.74, 6) is 0.252. The number of pyridine rings is 1. The largest absolute Gasteiger partial charge is 0.388 e. The van der Waals surface area contributed by atoms with Gasteiger partial charge in [0, 0.05) is 49.6 Å². The predicted molar refractivity (Wildman–Crippen MR) is 171 cm³/mol. The normalized spacial score (nSPS) is 13.3. The van der Waals surface area contributed by atoms with Crippen LogP contribution in [0.15, 0.2) is 131 Å². The van der Waals surface area contributed by atoms with Gasteiger partial charge in [0.1, 0.15) is 22.9 Å². The van der Waals surface area contributed by atoms with Crippen molar-refractivity contribution >= 4 is 22.4 Å². The Bertz CT molecular complexity index is 1620. The van der Waals surface area contributed by atoms with Crippen LogP contribution < -0.4 is 10.6 Å². The van der Waals surface area contributed by atoms with Crippen molar-refractivity contribution in [2.75, 3.05) is 13.6 Å². The maximum Gasteiger partial charge on any atom is 0.136 e. The van der Waals surface area contributed by atoms with Crippen LogP contribution in [-0.4, -0.2) is 28.5 Å². The molecule has 0 saturated carbocycles. The number of aromatic nitrogens is 3. The summed E-state index contributed by atoms with van der Waals surface area (Å²) >= 11 is 1.61. The molecule has 0 aliphatic carbocycles. The molecule has 0 fully saturated rings. The van der Waals surface area contributed by atoms with E-state index in [2.05, 4.69) is 45.9 Å². The third-order valence-electron chi connectivity index (χ3n) is 6.73. The monoisotopic (exact) mass is 565 g/mol. The molecule has 3 N–H and O–H groups in total. The Morgan fingerprint density at radius 1 is 1.10 bits per heavy atom. The van der Waals surface area contributed by atoms with E-state index in [0.29, 0.717) is 34.8 Å². The van der Waals surface area contributed by atoms with Crippen molar-refractivity contribution < 1.29 is 4.39 Å². The summed E-state index contributed by atoms with van der Waals surface area (Å²) in [6, 6.07) is 16.1. The highest BCUT2D eigenvalue weighted by Crippen LogP contribution is 2.31. The minimum Gasteiger partial charge on any atom is -0.388 e. The lowest BCUT2D eigenvalue weighted by molar-refractivity contribution is 0.635. The van der Waals surface area contributed by atoms with E-state index in [-0.39, 0.29) is 6.42 Å². The van der Waals surface area contributed by atoms with Crippen LogP contribution in [0.4, 0.5) is 4.39 Å². The van der Waals surface area contributed by atoms with Gasteiger partial charge in [-0.05, 0) is 48.1 Å². The van der Waals surface area contributed by atoms with Gasteiger partial charge in [0.15, 0.2) is 0 Å². The fraction of sp³-hybridized carbons (Fsp3) is 0.176. The summed E-state index contributed by atoms with van der Waals surface area (Å²) in [6.07, 6.45) is 9.46. The third kappa shape index (κ3) is 7.25. The van der Waals surface area contributed by atoms with Crippen LogP contribution in [0.5, 0.6) is 0 Å². The number of thiophene rings is 1. The number of nitrogens with one attached hydrogen (secondary N) is 3. The van der Waals surface area contributed by atoms with Crippen LogP contribution in [-0.2, 0) is 13.0 Å². The van der Waals surface area contributed by atoms with Crippen molar-refractivity contribution in [2.24, 2.45) is 0 Å². The number of benzene rings is 1. The summed E-state index contributed by atoms with van der Waals surface area (Å²) < 4.78 is 16.3. The lowest BCUT2D eigenvalue weighted by Gasteiger charge is -2.15. The molecule has 0 aliphatic heterocycles. The zero-order chi connectivity index (χ0) is 29.2. The molecule has 4 rings (SSSR count). The molecule has 0 amide bonds. The number of rotatable bonds is 13. The predicted octanol–water partition coefficient (Wildman–Crippen LogP) is 7.98. The number of aromatic amines is 1. The van der Waals surface area contributed by atoms with Gasteiger partial charge in [-0.15, -0.1) is 11.3 Å². The molecule has 3 aromatic heterocycles. The molecule has 41 heavy (non-hydrogen) atoms. The Hall–Kier alpha value is -4.33. The standard InChI is InChI=1S/C34H36FN5S/c1-6-24(21-37-22-25-13-10-9-11-14-25)19-26(7-2)23(4)32(35)27(28(8-3)36-5)20-31-39-29-16-17-38-34(33(29)40-31)30-15-12-18-41-30/h6-19,36-37H,1,4,20-22H2,2-3,5H3,(H,39,40)/b24-19+,26-7+,28-8+,32-27+. The smallest absolute Gasteiger partial charge is 0.136 e. The number of hydrogen-bond acceptors (Lipinski definition) is 5. The number of nitrogens with zero attached hydrogens (tertiary/aromatic N) is 2. The van der Waals surface area contributed by atoms with Gasteiger partial charge in [-0.3, -0.25) is 4.98 Å². The van der Waals surface area contributed by atoms with Gasteiger partial charge in [-0.25, -0.2) is 9.37 Å². The molecule has 0 aliphatic rings. The molecule has 3 heterocycles. The molecule has 0 saturated heterocycles. The molecule has 210 valence electrons. The molecule has 0 unspecified atom stereocenters. The van der Waals surface area contributed by atoms with Gasteiger partial charge >= 0.3 is 0 Å². The highest BCUT2D eigenvalue weighted by molar-refractivity contribution is 7.13. The van der Waals surface area contributed by atoms with Crippen molar-refractivity contribution in [3.8, 4) is 10.6 Å². The van der Waals surface area contributed by atoms with Crippen molar-refractivity contribution in [1.82, 2.24) is 25.6 Å². The lowest BCUT2D eigenvalue weighted by atomic mass is 9.97. The third-order valence-corrected chi connectivity index (χ3v) is 7.60. The van der Waals surface area contributed by atoms with Crippen molar-refractivity contribution in [3.63, 3.8) is 0 Å². The SMILES string of the molecule is C=C/C(=C\C(=C/C)C(=C)/C(F)=C(Cc1nc2c(-c3cccs3)nccc2[nH]1)\C(=C/C)NC)CNCc1ccccc1. The Morgan fingerprint density at radius 2 is 1.90 bits per heavy atom. The second-order valence-electron chi connectivity index (χ2n) is 9.37. The Morgan fingerprint density at radius 3 is 2.56 bits per heavy atom. The maximum absolute atomic E-state index is 16.3. The number of fused-ring (bicyclic) bond motifs is 1. The molecule has 0 bridgehead atoms. The van der Waals surface area contributed by atoms with Gasteiger partial charge in [-0.2, -0.15) is 0 Å². The van der Waals surface area contributed by atoms with Crippen molar-refractivity contribution in [3.05, 3.63) is 143 Å². The zero-order valence-corrected chi connectivity index (χ0v) is 24.6. The molecule has 0 atom stereocenters. The van der Waals surface area contributed by atoms with Crippen molar-refractivity contribution in [1.29, 1.82) is 0 Å². The average molecular weight is 566 g/mol. The van der Waals surface area contributed by atoms with E-state index < -0.39 is 5.83 Å². The average Bonchev–Trinajstić information content (AvgIpc) is 3.69. The highest BCUT2D eigenvalue weighted by atomic mass is 32.1.